The van der Waals surface area contributed by atoms with Crippen molar-refractivity contribution in [3.8, 4) is 0 Å². The lowest BCUT2D eigenvalue weighted by atomic mass is 9.95. The van der Waals surface area contributed by atoms with E-state index >= 15 is 0 Å². The monoisotopic (exact) mass is 252 g/mol. The van der Waals surface area contributed by atoms with E-state index in [0.29, 0.717) is 5.92 Å². The largest absolute Gasteiger partial charge is 0.396 e. The summed E-state index contributed by atoms with van der Waals surface area (Å²) in [6.07, 6.45) is 1.40. The topological polar surface area (TPSA) is 38.5 Å². The zero-order valence-electron chi connectivity index (χ0n) is 11.0. The number of methoxy groups -OCH3 is 1. The Balaban J connectivity index is 1.99. The first kappa shape index (κ1) is 13.3. The molecule has 0 aliphatic carbocycles. The molecular formula is C14H21FN2O. The van der Waals surface area contributed by atoms with Gasteiger partial charge >= 0.3 is 0 Å². The number of benzene rings is 1. The fraction of sp³-hybridized carbons (Fsp3) is 0.571. The number of nitrogen functional groups attached to an aromatic ring is 1. The van der Waals surface area contributed by atoms with Crippen LogP contribution in [-0.2, 0) is 11.3 Å². The van der Waals surface area contributed by atoms with E-state index in [-0.39, 0.29) is 17.6 Å². The molecule has 100 valence electrons. The normalized spacial score (nSPS) is 25.3. The van der Waals surface area contributed by atoms with Crippen LogP contribution in [-0.4, -0.2) is 31.2 Å². The zero-order chi connectivity index (χ0) is 13.1. The van der Waals surface area contributed by atoms with Crippen LogP contribution in [0.1, 0.15) is 18.9 Å². The van der Waals surface area contributed by atoms with Crippen molar-refractivity contribution in [3.05, 3.63) is 29.6 Å². The van der Waals surface area contributed by atoms with Gasteiger partial charge in [0.2, 0.25) is 0 Å². The number of nitrogens with two attached hydrogens (primary N) is 1. The number of hydrogen-bond donors (Lipinski definition) is 1. The smallest absolute Gasteiger partial charge is 0.146 e. The molecule has 2 rings (SSSR count). The van der Waals surface area contributed by atoms with Crippen LogP contribution in [0.4, 0.5) is 10.1 Å². The molecule has 2 unspecified atom stereocenters. The fourth-order valence-corrected chi connectivity index (χ4v) is 2.48. The molecule has 0 radical (unpaired) electrons. The molecule has 1 aromatic carbocycles. The Labute approximate surface area is 108 Å². The average molecular weight is 252 g/mol. The standard InChI is InChI=1S/C14H21FN2O/c1-10-5-6-17(9-14(10)18-2)8-11-3-4-13(16)12(15)7-11/h3-4,7,10,14H,5-6,8-9,16H2,1-2H3. The lowest BCUT2D eigenvalue weighted by Gasteiger charge is -2.36. The van der Waals surface area contributed by atoms with Gasteiger partial charge in [0.1, 0.15) is 5.82 Å². The summed E-state index contributed by atoms with van der Waals surface area (Å²) in [5.41, 5.74) is 6.65. The van der Waals surface area contributed by atoms with Gasteiger partial charge in [-0.2, -0.15) is 0 Å². The van der Waals surface area contributed by atoms with Gasteiger partial charge in [0.25, 0.3) is 0 Å². The molecule has 3 nitrogen and oxygen atoms in total. The molecule has 2 atom stereocenters. The van der Waals surface area contributed by atoms with Crippen LogP contribution >= 0.6 is 0 Å². The Morgan fingerprint density at radius 1 is 1.50 bits per heavy atom. The van der Waals surface area contributed by atoms with E-state index in [1.807, 2.05) is 6.07 Å². The number of halogens is 1. The molecule has 2 N–H and O–H groups in total. The highest BCUT2D eigenvalue weighted by molar-refractivity contribution is 5.41. The fourth-order valence-electron chi connectivity index (χ4n) is 2.48. The lowest BCUT2D eigenvalue weighted by molar-refractivity contribution is -0.00746. The highest BCUT2D eigenvalue weighted by atomic mass is 19.1. The Bertz CT molecular complexity index is 411. The van der Waals surface area contributed by atoms with Crippen LogP contribution in [0.2, 0.25) is 0 Å². The first-order valence-electron chi connectivity index (χ1n) is 6.39. The number of ether oxygens (including phenoxy) is 1. The summed E-state index contributed by atoms with van der Waals surface area (Å²) in [6.45, 7) is 4.91. The molecule has 1 fully saturated rings. The average Bonchev–Trinajstić information content (AvgIpc) is 2.36. The second-order valence-corrected chi connectivity index (χ2v) is 5.13. The summed E-state index contributed by atoms with van der Waals surface area (Å²) < 4.78 is 18.8. The number of anilines is 1. The summed E-state index contributed by atoms with van der Waals surface area (Å²) in [6, 6.07) is 5.04. The minimum absolute atomic E-state index is 0.209. The molecular weight excluding hydrogens is 231 g/mol. The number of piperidine rings is 1. The van der Waals surface area contributed by atoms with E-state index in [1.54, 1.807) is 13.2 Å². The molecule has 1 saturated heterocycles. The van der Waals surface area contributed by atoms with Gasteiger partial charge in [-0.1, -0.05) is 13.0 Å². The van der Waals surface area contributed by atoms with Gasteiger partial charge in [-0.05, 0) is 36.6 Å². The highest BCUT2D eigenvalue weighted by Gasteiger charge is 2.25. The van der Waals surface area contributed by atoms with Crippen molar-refractivity contribution in [2.75, 3.05) is 25.9 Å². The molecule has 18 heavy (non-hydrogen) atoms. The maximum absolute atomic E-state index is 13.4. The second kappa shape index (κ2) is 5.67. The number of nitrogens with zero attached hydrogens (tertiary/aromatic N) is 1. The Hall–Kier alpha value is -1.13. The van der Waals surface area contributed by atoms with Crippen molar-refractivity contribution >= 4 is 5.69 Å². The molecule has 4 heteroatoms. The van der Waals surface area contributed by atoms with Crippen LogP contribution in [0.25, 0.3) is 0 Å². The first-order valence-corrected chi connectivity index (χ1v) is 6.39. The van der Waals surface area contributed by atoms with E-state index in [2.05, 4.69) is 11.8 Å². The summed E-state index contributed by atoms with van der Waals surface area (Å²) >= 11 is 0. The van der Waals surface area contributed by atoms with Gasteiger partial charge in [-0.15, -0.1) is 0 Å². The molecule has 1 aliphatic rings. The third-order valence-electron chi connectivity index (χ3n) is 3.75. The summed E-state index contributed by atoms with van der Waals surface area (Å²) in [4.78, 5) is 2.30. The van der Waals surface area contributed by atoms with E-state index in [1.165, 1.54) is 6.07 Å². The van der Waals surface area contributed by atoms with Crippen LogP contribution in [0.3, 0.4) is 0 Å². The maximum Gasteiger partial charge on any atom is 0.146 e. The van der Waals surface area contributed by atoms with Crippen LogP contribution in [0.5, 0.6) is 0 Å². The van der Waals surface area contributed by atoms with E-state index in [0.717, 1.165) is 31.6 Å². The lowest BCUT2D eigenvalue weighted by Crippen LogP contribution is -2.43. The summed E-state index contributed by atoms with van der Waals surface area (Å²) in [5, 5.41) is 0. The molecule has 0 bridgehead atoms. The molecule has 0 amide bonds. The number of likely N-dealkylation sites (tertiary alicyclic amines) is 1. The minimum Gasteiger partial charge on any atom is -0.396 e. The number of hydrogen-bond acceptors (Lipinski definition) is 3. The summed E-state index contributed by atoms with van der Waals surface area (Å²) in [7, 11) is 1.76. The predicted octanol–water partition coefficient (Wildman–Crippen LogP) is 2.26. The third kappa shape index (κ3) is 3.00. The third-order valence-corrected chi connectivity index (χ3v) is 3.75. The van der Waals surface area contributed by atoms with E-state index in [9.17, 15) is 4.39 Å². The Morgan fingerprint density at radius 2 is 2.28 bits per heavy atom. The van der Waals surface area contributed by atoms with Crippen molar-refractivity contribution in [1.82, 2.24) is 4.90 Å². The van der Waals surface area contributed by atoms with Gasteiger partial charge in [0.05, 0.1) is 11.8 Å². The number of rotatable bonds is 3. The first-order chi connectivity index (χ1) is 8.60. The van der Waals surface area contributed by atoms with Crippen LogP contribution in [0, 0.1) is 11.7 Å². The van der Waals surface area contributed by atoms with E-state index in [4.69, 9.17) is 10.5 Å². The van der Waals surface area contributed by atoms with Gasteiger partial charge in [-0.25, -0.2) is 4.39 Å². The van der Waals surface area contributed by atoms with Gasteiger partial charge in [0.15, 0.2) is 0 Å². The van der Waals surface area contributed by atoms with Gasteiger partial charge in [0, 0.05) is 20.2 Å². The van der Waals surface area contributed by atoms with Crippen molar-refractivity contribution < 1.29 is 9.13 Å². The Morgan fingerprint density at radius 3 is 2.94 bits per heavy atom. The summed E-state index contributed by atoms with van der Waals surface area (Å²) in [5.74, 6) is 0.260. The highest BCUT2D eigenvalue weighted by Crippen LogP contribution is 2.21. The molecule has 1 aliphatic heterocycles. The molecule has 0 aromatic heterocycles. The Kier molecular flexibility index (Phi) is 4.19. The van der Waals surface area contributed by atoms with Gasteiger partial charge in [-0.3, -0.25) is 4.90 Å². The maximum atomic E-state index is 13.4. The second-order valence-electron chi connectivity index (χ2n) is 5.13. The van der Waals surface area contributed by atoms with E-state index < -0.39 is 0 Å². The van der Waals surface area contributed by atoms with Crippen LogP contribution < -0.4 is 5.73 Å². The SMILES string of the molecule is COC1CN(Cc2ccc(N)c(F)c2)CCC1C. The van der Waals surface area contributed by atoms with Crippen molar-refractivity contribution in [2.24, 2.45) is 5.92 Å². The van der Waals surface area contributed by atoms with Crippen molar-refractivity contribution in [2.45, 2.75) is 26.0 Å². The van der Waals surface area contributed by atoms with Crippen molar-refractivity contribution in [1.29, 1.82) is 0 Å². The zero-order valence-corrected chi connectivity index (χ0v) is 11.0. The predicted molar refractivity (Wildman–Crippen MR) is 70.7 cm³/mol. The van der Waals surface area contributed by atoms with Crippen molar-refractivity contribution in [3.63, 3.8) is 0 Å². The molecule has 0 saturated carbocycles. The molecule has 1 heterocycles. The quantitative estimate of drug-likeness (QED) is 0.839. The van der Waals surface area contributed by atoms with Gasteiger partial charge < -0.3 is 10.5 Å². The molecule has 0 spiro atoms. The minimum atomic E-state index is -0.332. The van der Waals surface area contributed by atoms with Crippen LogP contribution in [0.15, 0.2) is 18.2 Å². The molecule has 1 aromatic rings.